The van der Waals surface area contributed by atoms with Crippen LogP contribution in [0.4, 0.5) is 5.69 Å². The second kappa shape index (κ2) is 11.3. The van der Waals surface area contributed by atoms with Crippen molar-refractivity contribution in [3.63, 3.8) is 0 Å². The van der Waals surface area contributed by atoms with Gasteiger partial charge in [-0.2, -0.15) is 0 Å². The minimum atomic E-state index is -0.912. The van der Waals surface area contributed by atoms with E-state index in [-0.39, 0.29) is 24.4 Å². The predicted octanol–water partition coefficient (Wildman–Crippen LogP) is 4.68. The minimum Gasteiger partial charge on any atom is -0.465 e. The van der Waals surface area contributed by atoms with Gasteiger partial charge >= 0.3 is 5.97 Å². The van der Waals surface area contributed by atoms with Crippen LogP contribution >= 0.6 is 23.4 Å². The first-order valence-corrected chi connectivity index (χ1v) is 15.1. The highest BCUT2D eigenvalue weighted by Crippen LogP contribution is 2.65. The van der Waals surface area contributed by atoms with E-state index in [2.05, 4.69) is 12.2 Å². The highest BCUT2D eigenvalue weighted by Gasteiger charge is 2.73. The van der Waals surface area contributed by atoms with Crippen molar-refractivity contribution in [2.24, 2.45) is 11.8 Å². The lowest BCUT2D eigenvalue weighted by Gasteiger charge is -2.37. The summed E-state index contributed by atoms with van der Waals surface area (Å²) in [7, 11) is 0. The van der Waals surface area contributed by atoms with E-state index in [1.807, 2.05) is 38.1 Å². The fourth-order valence-corrected chi connectivity index (χ4v) is 9.26. The Morgan fingerprint density at radius 2 is 1.87 bits per heavy atom. The van der Waals surface area contributed by atoms with Gasteiger partial charge in [0.25, 0.3) is 5.91 Å². The molecule has 2 saturated heterocycles. The highest BCUT2D eigenvalue weighted by atomic mass is 35.5. The quantitative estimate of drug-likeness (QED) is 0.290. The number of fused-ring (bicyclic) bond motifs is 2. The van der Waals surface area contributed by atoms with Crippen LogP contribution < -0.4 is 4.90 Å². The van der Waals surface area contributed by atoms with Crippen LogP contribution in [0.5, 0.6) is 0 Å². The Kier molecular flexibility index (Phi) is 8.18. The standard InChI is InChI=1S/C30H37ClN2O5S/c1-20-12-10-13-21(31)24(20)32-17-11-15-30-22(23-28(37)38-19-9-5-6-14-29(23,2)39-30)26(35)33(25(30)27(32)36)16-7-3-4-8-18-34/h6,10-15,22-23,25,34H,3-5,7-9,16-19H2,1-2H3/b14-6-/t22-,23-,25?,29+,30-/m0/s1. The molecular weight excluding hydrogens is 536 g/mol. The van der Waals surface area contributed by atoms with Gasteiger partial charge in [-0.05, 0) is 51.2 Å². The van der Waals surface area contributed by atoms with Crippen molar-refractivity contribution in [1.82, 2.24) is 4.90 Å². The number of hydrogen-bond acceptors (Lipinski definition) is 6. The van der Waals surface area contributed by atoms with E-state index >= 15 is 0 Å². The maximum atomic E-state index is 14.6. The van der Waals surface area contributed by atoms with E-state index < -0.39 is 27.4 Å². The average Bonchev–Trinajstić information content (AvgIpc) is 3.24. The van der Waals surface area contributed by atoms with Gasteiger partial charge in [-0.1, -0.05) is 60.9 Å². The summed E-state index contributed by atoms with van der Waals surface area (Å²) < 4.78 is 4.09. The van der Waals surface area contributed by atoms with Crippen molar-refractivity contribution in [2.75, 3.05) is 31.2 Å². The molecule has 1 spiro atoms. The number of aliphatic hydroxyl groups is 1. The molecule has 0 aromatic heterocycles. The Bertz CT molecular complexity index is 1180. The maximum Gasteiger partial charge on any atom is 0.311 e. The number of para-hydroxylation sites is 1. The zero-order valence-corrected chi connectivity index (χ0v) is 24.2. The first-order chi connectivity index (χ1) is 18.7. The molecular formula is C30H37ClN2O5S. The topological polar surface area (TPSA) is 87.2 Å². The van der Waals surface area contributed by atoms with E-state index in [1.165, 1.54) is 0 Å². The van der Waals surface area contributed by atoms with Crippen molar-refractivity contribution in [1.29, 1.82) is 0 Å². The monoisotopic (exact) mass is 572 g/mol. The molecule has 5 atom stereocenters. The number of thioether (sulfide) groups is 1. The molecule has 0 aliphatic carbocycles. The van der Waals surface area contributed by atoms with Gasteiger partial charge in [0.2, 0.25) is 5.91 Å². The van der Waals surface area contributed by atoms with Gasteiger partial charge < -0.3 is 19.6 Å². The van der Waals surface area contributed by atoms with Gasteiger partial charge in [0.1, 0.15) is 6.04 Å². The zero-order chi connectivity index (χ0) is 27.8. The third kappa shape index (κ3) is 4.82. The molecule has 9 heteroatoms. The molecule has 210 valence electrons. The van der Waals surface area contributed by atoms with Crippen LogP contribution in [0.2, 0.25) is 5.02 Å². The Morgan fingerprint density at radius 3 is 2.64 bits per heavy atom. The van der Waals surface area contributed by atoms with Gasteiger partial charge in [-0.15, -0.1) is 11.8 Å². The second-order valence-corrected chi connectivity index (χ2v) is 13.3. The molecule has 2 amide bonds. The van der Waals surface area contributed by atoms with E-state index in [4.69, 9.17) is 21.4 Å². The van der Waals surface area contributed by atoms with Gasteiger partial charge in [0, 0.05) is 24.4 Å². The van der Waals surface area contributed by atoms with Crippen molar-refractivity contribution in [3.05, 3.63) is 53.1 Å². The number of benzene rings is 1. The third-order valence-electron chi connectivity index (χ3n) is 8.52. The summed E-state index contributed by atoms with van der Waals surface area (Å²) in [6, 6.07) is 4.79. The Balaban J connectivity index is 1.60. The molecule has 7 nitrogen and oxygen atoms in total. The van der Waals surface area contributed by atoms with Crippen molar-refractivity contribution in [3.8, 4) is 0 Å². The molecule has 4 heterocycles. The first-order valence-electron chi connectivity index (χ1n) is 14.0. The number of unbranched alkanes of at least 4 members (excludes halogenated alkanes) is 3. The summed E-state index contributed by atoms with van der Waals surface area (Å²) in [6.45, 7) is 5.13. The predicted molar refractivity (Wildman–Crippen MR) is 154 cm³/mol. The molecule has 1 aromatic rings. The molecule has 2 fully saturated rings. The summed E-state index contributed by atoms with van der Waals surface area (Å²) in [5.41, 5.74) is 1.53. The number of halogens is 1. The van der Waals surface area contributed by atoms with Gasteiger partial charge in [-0.25, -0.2) is 0 Å². The number of nitrogens with zero attached hydrogens (tertiary/aromatic N) is 2. The number of aryl methyl sites for hydroxylation is 1. The summed E-state index contributed by atoms with van der Waals surface area (Å²) in [5.74, 6) is -2.11. The minimum absolute atomic E-state index is 0.137. The van der Waals surface area contributed by atoms with E-state index in [0.717, 1.165) is 31.2 Å². The summed E-state index contributed by atoms with van der Waals surface area (Å²) in [6.07, 6.45) is 12.8. The summed E-state index contributed by atoms with van der Waals surface area (Å²) >= 11 is 8.19. The number of carbonyl (C=O) groups excluding carboxylic acids is 3. The van der Waals surface area contributed by atoms with E-state index in [0.29, 0.717) is 43.2 Å². The molecule has 0 saturated carbocycles. The lowest BCUT2D eigenvalue weighted by Crippen LogP contribution is -2.53. The number of carbonyl (C=O) groups is 3. The number of rotatable bonds is 7. The Labute approximate surface area is 239 Å². The Morgan fingerprint density at radius 1 is 1.08 bits per heavy atom. The zero-order valence-electron chi connectivity index (χ0n) is 22.6. The van der Waals surface area contributed by atoms with Gasteiger partial charge in [0.05, 0.1) is 33.9 Å². The largest absolute Gasteiger partial charge is 0.465 e. The lowest BCUT2D eigenvalue weighted by molar-refractivity contribution is -0.154. The van der Waals surface area contributed by atoms with Crippen molar-refractivity contribution < 1.29 is 24.2 Å². The fourth-order valence-electron chi connectivity index (χ4n) is 6.79. The maximum absolute atomic E-state index is 14.6. The Hall–Kier alpha value is -2.29. The summed E-state index contributed by atoms with van der Waals surface area (Å²) in [5, 5.41) is 9.65. The number of allylic oxidation sites excluding steroid dienone is 1. The molecule has 1 N–H and O–H groups in total. The van der Waals surface area contributed by atoms with Crippen LogP contribution in [-0.4, -0.2) is 69.6 Å². The fraction of sp³-hybridized carbons (Fsp3) is 0.567. The smallest absolute Gasteiger partial charge is 0.311 e. The van der Waals surface area contributed by atoms with Crippen LogP contribution in [0, 0.1) is 18.8 Å². The molecule has 4 aliphatic heterocycles. The average molecular weight is 573 g/mol. The number of aliphatic hydroxyl groups excluding tert-OH is 1. The van der Waals surface area contributed by atoms with Gasteiger partial charge in [-0.3, -0.25) is 14.4 Å². The van der Waals surface area contributed by atoms with Crippen molar-refractivity contribution >= 4 is 46.8 Å². The third-order valence-corrected chi connectivity index (χ3v) is 10.6. The molecule has 39 heavy (non-hydrogen) atoms. The van der Waals surface area contributed by atoms with Gasteiger partial charge in [0.15, 0.2) is 0 Å². The molecule has 4 aliphatic rings. The molecule has 0 radical (unpaired) electrons. The van der Waals surface area contributed by atoms with Crippen LogP contribution in [0.1, 0.15) is 51.0 Å². The number of esters is 1. The number of amides is 2. The SMILES string of the molecule is Cc1cccc(Cl)c1N1CC=C[C@]23S[C@]4(C)/C=C\CCCOC(=O)[C@@H]4[C@H]2C(=O)N(CCCCCCO)C3C1=O. The molecule has 1 unspecified atom stereocenters. The highest BCUT2D eigenvalue weighted by molar-refractivity contribution is 8.02. The van der Waals surface area contributed by atoms with Crippen LogP contribution in [0.3, 0.4) is 0 Å². The number of anilines is 1. The van der Waals surface area contributed by atoms with E-state index in [1.54, 1.807) is 27.6 Å². The molecule has 1 aromatic carbocycles. The number of ether oxygens (including phenoxy) is 1. The number of likely N-dealkylation sites (tertiary alicyclic amines) is 1. The van der Waals surface area contributed by atoms with Crippen LogP contribution in [0.25, 0.3) is 0 Å². The molecule has 0 bridgehead atoms. The van der Waals surface area contributed by atoms with Crippen molar-refractivity contribution in [2.45, 2.75) is 67.9 Å². The second-order valence-electron chi connectivity index (χ2n) is 11.1. The van der Waals surface area contributed by atoms with E-state index in [9.17, 15) is 14.4 Å². The number of hydrogen-bond donors (Lipinski definition) is 1. The normalized spacial score (nSPS) is 33.0. The number of cyclic esters (lactones) is 1. The molecule has 5 rings (SSSR count). The van der Waals surface area contributed by atoms with Crippen LogP contribution in [0.15, 0.2) is 42.5 Å². The summed E-state index contributed by atoms with van der Waals surface area (Å²) in [4.78, 5) is 45.9. The first kappa shape index (κ1) is 28.2. The van der Waals surface area contributed by atoms with Crippen LogP contribution in [-0.2, 0) is 19.1 Å². The lowest BCUT2D eigenvalue weighted by atomic mass is 9.74.